The van der Waals surface area contributed by atoms with Crippen LogP contribution in [0, 0.1) is 0 Å². The summed E-state index contributed by atoms with van der Waals surface area (Å²) in [4.78, 5) is 28.0. The van der Waals surface area contributed by atoms with Crippen LogP contribution in [-0.2, 0) is 9.53 Å². The van der Waals surface area contributed by atoms with Crippen molar-refractivity contribution in [2.75, 3.05) is 50.8 Å². The Labute approximate surface area is 142 Å². The Balaban J connectivity index is 1.42. The summed E-state index contributed by atoms with van der Waals surface area (Å²) in [5, 5.41) is 2.96. The van der Waals surface area contributed by atoms with E-state index in [0.717, 1.165) is 57.9 Å². The molecule has 0 spiro atoms. The number of benzene rings is 1. The number of carbonyl (C=O) groups is 2. The van der Waals surface area contributed by atoms with E-state index >= 15 is 0 Å². The number of rotatable bonds is 6. The van der Waals surface area contributed by atoms with E-state index in [1.54, 1.807) is 17.0 Å². The molecule has 2 saturated heterocycles. The maximum atomic E-state index is 12.2. The molecule has 0 radical (unpaired) electrons. The first-order valence-corrected chi connectivity index (χ1v) is 8.73. The van der Waals surface area contributed by atoms with Crippen LogP contribution >= 0.6 is 0 Å². The van der Waals surface area contributed by atoms with Crippen molar-refractivity contribution in [1.29, 1.82) is 0 Å². The average Bonchev–Trinajstić information content (AvgIpc) is 3.05. The second-order valence-corrected chi connectivity index (χ2v) is 6.26. The van der Waals surface area contributed by atoms with Crippen LogP contribution in [0.2, 0.25) is 0 Å². The second kappa shape index (κ2) is 8.26. The van der Waals surface area contributed by atoms with Gasteiger partial charge >= 0.3 is 0 Å². The van der Waals surface area contributed by atoms with Gasteiger partial charge in [0.25, 0.3) is 5.91 Å². The molecule has 2 aliphatic heterocycles. The van der Waals surface area contributed by atoms with Gasteiger partial charge in [-0.15, -0.1) is 0 Å². The van der Waals surface area contributed by atoms with Crippen LogP contribution in [0.5, 0.6) is 0 Å². The van der Waals surface area contributed by atoms with Crippen LogP contribution in [0.1, 0.15) is 29.6 Å². The highest BCUT2D eigenvalue weighted by Gasteiger charge is 2.21. The summed E-state index contributed by atoms with van der Waals surface area (Å²) in [5.74, 6) is 0.103. The highest BCUT2D eigenvalue weighted by molar-refractivity contribution is 5.97. The lowest BCUT2D eigenvalue weighted by molar-refractivity contribution is -0.117. The van der Waals surface area contributed by atoms with Gasteiger partial charge in [-0.2, -0.15) is 0 Å². The quantitative estimate of drug-likeness (QED) is 0.798. The van der Waals surface area contributed by atoms with Crippen LogP contribution in [0.3, 0.4) is 0 Å². The fourth-order valence-corrected chi connectivity index (χ4v) is 3.15. The summed E-state index contributed by atoms with van der Waals surface area (Å²) < 4.78 is 5.32. The lowest BCUT2D eigenvalue weighted by atomic mass is 10.2. The van der Waals surface area contributed by atoms with Gasteiger partial charge < -0.3 is 15.0 Å². The monoisotopic (exact) mass is 331 g/mol. The van der Waals surface area contributed by atoms with E-state index in [2.05, 4.69) is 10.2 Å². The van der Waals surface area contributed by atoms with Crippen LogP contribution in [0.4, 0.5) is 5.69 Å². The van der Waals surface area contributed by atoms with Gasteiger partial charge in [-0.25, -0.2) is 0 Å². The fraction of sp³-hybridized carbons (Fsp3) is 0.556. The molecule has 1 N–H and O–H groups in total. The molecule has 1 aromatic rings. The molecule has 0 bridgehead atoms. The minimum atomic E-state index is -0.0590. The number of amides is 2. The summed E-state index contributed by atoms with van der Waals surface area (Å²) in [6.07, 6.45) is 2.46. The first kappa shape index (κ1) is 16.9. The number of hydrogen-bond donors (Lipinski definition) is 1. The molecule has 0 aliphatic carbocycles. The smallest absolute Gasteiger partial charge is 0.251 e. The zero-order chi connectivity index (χ0) is 16.8. The highest BCUT2D eigenvalue weighted by Crippen LogP contribution is 2.21. The molecule has 2 amide bonds. The first-order chi connectivity index (χ1) is 11.7. The van der Waals surface area contributed by atoms with Crippen molar-refractivity contribution in [3.05, 3.63) is 29.8 Å². The van der Waals surface area contributed by atoms with Crippen LogP contribution < -0.4 is 10.2 Å². The first-order valence-electron chi connectivity index (χ1n) is 8.73. The third kappa shape index (κ3) is 4.33. The average molecular weight is 331 g/mol. The minimum Gasteiger partial charge on any atom is -0.379 e. The van der Waals surface area contributed by atoms with Gasteiger partial charge in [-0.1, -0.05) is 0 Å². The topological polar surface area (TPSA) is 61.9 Å². The molecule has 1 aromatic carbocycles. The molecular formula is C18H25N3O3. The second-order valence-electron chi connectivity index (χ2n) is 6.26. The molecule has 0 saturated carbocycles. The number of morpholine rings is 1. The van der Waals surface area contributed by atoms with Crippen molar-refractivity contribution in [2.45, 2.75) is 19.3 Å². The Morgan fingerprint density at radius 3 is 2.54 bits per heavy atom. The van der Waals surface area contributed by atoms with E-state index < -0.39 is 0 Å². The van der Waals surface area contributed by atoms with E-state index in [1.807, 2.05) is 12.1 Å². The molecule has 0 aromatic heterocycles. The molecular weight excluding hydrogens is 306 g/mol. The van der Waals surface area contributed by atoms with E-state index in [-0.39, 0.29) is 11.8 Å². The lowest BCUT2D eigenvalue weighted by Crippen LogP contribution is -2.38. The largest absolute Gasteiger partial charge is 0.379 e. The molecule has 130 valence electrons. The molecule has 0 atom stereocenters. The van der Waals surface area contributed by atoms with Gasteiger partial charge in [0, 0.05) is 43.9 Å². The summed E-state index contributed by atoms with van der Waals surface area (Å²) in [7, 11) is 0. The molecule has 24 heavy (non-hydrogen) atoms. The van der Waals surface area contributed by atoms with Crippen LogP contribution in [0.25, 0.3) is 0 Å². The molecule has 0 unspecified atom stereocenters. The minimum absolute atomic E-state index is 0.0590. The van der Waals surface area contributed by atoms with Gasteiger partial charge in [0.15, 0.2) is 0 Å². The van der Waals surface area contributed by atoms with E-state index in [1.165, 1.54) is 0 Å². The Kier molecular flexibility index (Phi) is 5.82. The zero-order valence-corrected chi connectivity index (χ0v) is 14.0. The lowest BCUT2D eigenvalue weighted by Gasteiger charge is -2.26. The molecule has 2 fully saturated rings. The Hall–Kier alpha value is -1.92. The van der Waals surface area contributed by atoms with Gasteiger partial charge in [0.05, 0.1) is 13.2 Å². The third-order valence-electron chi connectivity index (χ3n) is 4.55. The maximum absolute atomic E-state index is 12.2. The number of ether oxygens (including phenoxy) is 1. The molecule has 2 heterocycles. The normalized spacial score (nSPS) is 18.8. The van der Waals surface area contributed by atoms with Crippen molar-refractivity contribution in [2.24, 2.45) is 0 Å². The van der Waals surface area contributed by atoms with E-state index in [0.29, 0.717) is 18.5 Å². The number of carbonyl (C=O) groups excluding carboxylic acids is 2. The maximum Gasteiger partial charge on any atom is 0.251 e. The molecule has 2 aliphatic rings. The highest BCUT2D eigenvalue weighted by atomic mass is 16.5. The van der Waals surface area contributed by atoms with Crippen molar-refractivity contribution in [3.63, 3.8) is 0 Å². The Bertz CT molecular complexity index is 567. The Morgan fingerprint density at radius 1 is 1.12 bits per heavy atom. The Morgan fingerprint density at radius 2 is 1.88 bits per heavy atom. The standard InChI is InChI=1S/C18H25N3O3/c22-17-3-1-10-21(17)16-6-4-15(5-7-16)18(23)19-8-2-9-20-11-13-24-14-12-20/h4-7H,1-3,8-14H2,(H,19,23). The van der Waals surface area contributed by atoms with Crippen LogP contribution in [0.15, 0.2) is 24.3 Å². The van der Waals surface area contributed by atoms with Crippen LogP contribution in [-0.4, -0.2) is 62.7 Å². The summed E-state index contributed by atoms with van der Waals surface area (Å²) in [6.45, 7) is 5.99. The summed E-state index contributed by atoms with van der Waals surface area (Å²) >= 11 is 0. The van der Waals surface area contributed by atoms with Crippen molar-refractivity contribution in [1.82, 2.24) is 10.2 Å². The van der Waals surface area contributed by atoms with Gasteiger partial charge in [-0.3, -0.25) is 14.5 Å². The predicted molar refractivity (Wildman–Crippen MR) is 92.2 cm³/mol. The predicted octanol–water partition coefficient (Wildman–Crippen LogP) is 1.27. The number of hydrogen-bond acceptors (Lipinski definition) is 4. The number of nitrogens with one attached hydrogen (secondary N) is 1. The summed E-state index contributed by atoms with van der Waals surface area (Å²) in [5.41, 5.74) is 1.51. The molecule has 6 heteroatoms. The SMILES string of the molecule is O=C(NCCCN1CCOCC1)c1ccc(N2CCCC2=O)cc1. The van der Waals surface area contributed by atoms with E-state index in [4.69, 9.17) is 4.74 Å². The number of anilines is 1. The third-order valence-corrected chi connectivity index (χ3v) is 4.55. The fourth-order valence-electron chi connectivity index (χ4n) is 3.15. The van der Waals surface area contributed by atoms with Gasteiger partial charge in [-0.05, 0) is 43.7 Å². The van der Waals surface area contributed by atoms with Crippen molar-refractivity contribution in [3.8, 4) is 0 Å². The van der Waals surface area contributed by atoms with Crippen molar-refractivity contribution >= 4 is 17.5 Å². The molecule has 3 rings (SSSR count). The molecule has 6 nitrogen and oxygen atoms in total. The van der Waals surface area contributed by atoms with Crippen molar-refractivity contribution < 1.29 is 14.3 Å². The summed E-state index contributed by atoms with van der Waals surface area (Å²) in [6, 6.07) is 7.29. The number of nitrogens with zero attached hydrogens (tertiary/aromatic N) is 2. The zero-order valence-electron chi connectivity index (χ0n) is 14.0. The van der Waals surface area contributed by atoms with E-state index in [9.17, 15) is 9.59 Å². The van der Waals surface area contributed by atoms with Gasteiger partial charge in [0.1, 0.15) is 0 Å². The van der Waals surface area contributed by atoms with Gasteiger partial charge in [0.2, 0.25) is 5.91 Å².